The maximum Gasteiger partial charge on any atom is 0.305 e. The molecule has 1 N–H and O–H groups in total. The van der Waals surface area contributed by atoms with Crippen LogP contribution in [0.3, 0.4) is 0 Å². The zero-order chi connectivity index (χ0) is 14.7. The van der Waals surface area contributed by atoms with Gasteiger partial charge in [-0.05, 0) is 44.2 Å². The van der Waals surface area contributed by atoms with E-state index in [0.717, 1.165) is 38.0 Å². The largest absolute Gasteiger partial charge is 0.481 e. The van der Waals surface area contributed by atoms with Crippen molar-refractivity contribution in [3.63, 3.8) is 0 Å². The molecular weight excluding hydrogens is 266 g/mol. The summed E-state index contributed by atoms with van der Waals surface area (Å²) in [6, 6.07) is 10.6. The maximum absolute atomic E-state index is 11.0. The molecule has 1 spiro atoms. The highest BCUT2D eigenvalue weighted by molar-refractivity contribution is 5.67. The van der Waals surface area contributed by atoms with Crippen LogP contribution in [0.15, 0.2) is 30.3 Å². The van der Waals surface area contributed by atoms with Crippen LogP contribution in [0.1, 0.15) is 38.5 Å². The SMILES string of the molecule is O=C(O)CCN(c1ccccc1)C1CCOC2(CCC2)C1. The molecule has 1 aliphatic carbocycles. The van der Waals surface area contributed by atoms with E-state index in [4.69, 9.17) is 9.84 Å². The number of hydrogen-bond donors (Lipinski definition) is 1. The lowest BCUT2D eigenvalue weighted by molar-refractivity contribution is -0.137. The molecule has 1 saturated carbocycles. The van der Waals surface area contributed by atoms with Gasteiger partial charge in [0.25, 0.3) is 0 Å². The highest BCUT2D eigenvalue weighted by atomic mass is 16.5. The van der Waals surface area contributed by atoms with Crippen molar-refractivity contribution in [2.45, 2.75) is 50.2 Å². The summed E-state index contributed by atoms with van der Waals surface area (Å²) in [4.78, 5) is 13.2. The van der Waals surface area contributed by atoms with E-state index in [2.05, 4.69) is 17.0 Å². The quantitative estimate of drug-likeness (QED) is 0.905. The maximum atomic E-state index is 11.0. The van der Waals surface area contributed by atoms with Crippen molar-refractivity contribution in [2.24, 2.45) is 0 Å². The minimum absolute atomic E-state index is 0.0825. The molecule has 0 aromatic heterocycles. The first-order chi connectivity index (χ1) is 10.2. The van der Waals surface area contributed by atoms with Gasteiger partial charge in [-0.3, -0.25) is 4.79 Å². The Morgan fingerprint density at radius 1 is 1.33 bits per heavy atom. The molecule has 4 heteroatoms. The van der Waals surface area contributed by atoms with E-state index in [1.54, 1.807) is 0 Å². The average molecular weight is 289 g/mol. The van der Waals surface area contributed by atoms with E-state index in [1.165, 1.54) is 6.42 Å². The third-order valence-electron chi connectivity index (χ3n) is 4.83. The lowest BCUT2D eigenvalue weighted by Crippen LogP contribution is -2.52. The van der Waals surface area contributed by atoms with Crippen molar-refractivity contribution in [1.82, 2.24) is 0 Å². The van der Waals surface area contributed by atoms with E-state index in [-0.39, 0.29) is 12.0 Å². The van der Waals surface area contributed by atoms with Gasteiger partial charge in [0.05, 0.1) is 12.0 Å². The third kappa shape index (κ3) is 3.21. The van der Waals surface area contributed by atoms with Gasteiger partial charge in [0.1, 0.15) is 0 Å². The molecular formula is C17H23NO3. The van der Waals surface area contributed by atoms with Gasteiger partial charge >= 0.3 is 5.97 Å². The number of hydrogen-bond acceptors (Lipinski definition) is 3. The first kappa shape index (κ1) is 14.4. The van der Waals surface area contributed by atoms with Crippen molar-refractivity contribution in [1.29, 1.82) is 0 Å². The molecule has 0 amide bonds. The van der Waals surface area contributed by atoms with Gasteiger partial charge in [0.2, 0.25) is 0 Å². The van der Waals surface area contributed by atoms with Crippen LogP contribution >= 0.6 is 0 Å². The monoisotopic (exact) mass is 289 g/mol. The lowest BCUT2D eigenvalue weighted by Gasteiger charge is -2.50. The van der Waals surface area contributed by atoms with E-state index in [1.807, 2.05) is 18.2 Å². The molecule has 1 heterocycles. The van der Waals surface area contributed by atoms with Gasteiger partial charge in [-0.25, -0.2) is 0 Å². The van der Waals surface area contributed by atoms with Crippen molar-refractivity contribution in [3.05, 3.63) is 30.3 Å². The Labute approximate surface area is 125 Å². The van der Waals surface area contributed by atoms with Gasteiger partial charge in [0.15, 0.2) is 0 Å². The highest BCUT2D eigenvalue weighted by Crippen LogP contribution is 2.44. The number of carboxylic acid groups (broad SMARTS) is 1. The fourth-order valence-corrected chi connectivity index (χ4v) is 3.55. The number of rotatable bonds is 5. The van der Waals surface area contributed by atoms with Crippen LogP contribution < -0.4 is 4.90 Å². The molecule has 1 saturated heterocycles. The lowest BCUT2D eigenvalue weighted by atomic mass is 9.73. The Bertz CT molecular complexity index is 484. The van der Waals surface area contributed by atoms with Gasteiger partial charge < -0.3 is 14.7 Å². The summed E-state index contributed by atoms with van der Waals surface area (Å²) in [5.41, 5.74) is 1.21. The summed E-state index contributed by atoms with van der Waals surface area (Å²) in [5, 5.41) is 9.02. The first-order valence-electron chi connectivity index (χ1n) is 7.86. The number of benzene rings is 1. The second kappa shape index (κ2) is 6.06. The molecule has 2 fully saturated rings. The van der Waals surface area contributed by atoms with Crippen molar-refractivity contribution in [3.8, 4) is 0 Å². The van der Waals surface area contributed by atoms with Crippen molar-refractivity contribution < 1.29 is 14.6 Å². The number of ether oxygens (including phenoxy) is 1. The minimum atomic E-state index is -0.735. The van der Waals surface area contributed by atoms with Gasteiger partial charge in [-0.1, -0.05) is 18.2 Å². The van der Waals surface area contributed by atoms with E-state index in [9.17, 15) is 4.79 Å². The van der Waals surface area contributed by atoms with Crippen LogP contribution in [0, 0.1) is 0 Å². The molecule has 3 rings (SSSR count). The predicted molar refractivity (Wildman–Crippen MR) is 81.6 cm³/mol. The van der Waals surface area contributed by atoms with Crippen molar-refractivity contribution in [2.75, 3.05) is 18.1 Å². The molecule has 21 heavy (non-hydrogen) atoms. The van der Waals surface area contributed by atoms with Crippen LogP contribution in [0.2, 0.25) is 0 Å². The zero-order valence-corrected chi connectivity index (χ0v) is 12.3. The summed E-state index contributed by atoms with van der Waals surface area (Å²) >= 11 is 0. The zero-order valence-electron chi connectivity index (χ0n) is 12.3. The summed E-state index contributed by atoms with van der Waals surface area (Å²) in [6.45, 7) is 1.36. The molecule has 1 aliphatic heterocycles. The van der Waals surface area contributed by atoms with E-state index < -0.39 is 5.97 Å². The number of para-hydroxylation sites is 1. The number of nitrogens with zero attached hydrogens (tertiary/aromatic N) is 1. The molecule has 114 valence electrons. The normalized spacial score (nSPS) is 23.5. The predicted octanol–water partition coefficient (Wildman–Crippen LogP) is 3.07. The molecule has 2 aliphatic rings. The molecule has 1 unspecified atom stereocenters. The Balaban J connectivity index is 1.75. The Hall–Kier alpha value is -1.55. The number of aliphatic carboxylic acids is 1. The Morgan fingerprint density at radius 3 is 2.71 bits per heavy atom. The molecule has 0 bridgehead atoms. The van der Waals surface area contributed by atoms with Gasteiger partial charge in [0, 0.05) is 24.9 Å². The number of anilines is 1. The fraction of sp³-hybridized carbons (Fsp3) is 0.588. The smallest absolute Gasteiger partial charge is 0.305 e. The van der Waals surface area contributed by atoms with Crippen LogP contribution in [0.5, 0.6) is 0 Å². The summed E-state index contributed by atoms with van der Waals surface area (Å²) in [7, 11) is 0. The van der Waals surface area contributed by atoms with Crippen LogP contribution in [0.25, 0.3) is 0 Å². The van der Waals surface area contributed by atoms with E-state index in [0.29, 0.717) is 12.6 Å². The summed E-state index contributed by atoms with van der Waals surface area (Å²) in [6.07, 6.45) is 5.76. The third-order valence-corrected chi connectivity index (χ3v) is 4.83. The van der Waals surface area contributed by atoms with Crippen LogP contribution in [0.4, 0.5) is 5.69 Å². The molecule has 4 nitrogen and oxygen atoms in total. The Kier molecular flexibility index (Phi) is 4.15. The van der Waals surface area contributed by atoms with Gasteiger partial charge in [-0.15, -0.1) is 0 Å². The molecule has 0 radical (unpaired) electrons. The van der Waals surface area contributed by atoms with Gasteiger partial charge in [-0.2, -0.15) is 0 Å². The number of carbonyl (C=O) groups is 1. The average Bonchev–Trinajstić information content (AvgIpc) is 2.47. The minimum Gasteiger partial charge on any atom is -0.481 e. The summed E-state index contributed by atoms with van der Waals surface area (Å²) < 4.78 is 6.00. The van der Waals surface area contributed by atoms with Crippen molar-refractivity contribution >= 4 is 11.7 Å². The second-order valence-corrected chi connectivity index (χ2v) is 6.20. The molecule has 1 aromatic carbocycles. The molecule has 1 aromatic rings. The molecule has 1 atom stereocenters. The Morgan fingerprint density at radius 2 is 2.10 bits per heavy atom. The second-order valence-electron chi connectivity index (χ2n) is 6.20. The highest BCUT2D eigenvalue weighted by Gasteiger charge is 2.43. The summed E-state index contributed by atoms with van der Waals surface area (Å²) in [5.74, 6) is -0.735. The van der Waals surface area contributed by atoms with E-state index >= 15 is 0 Å². The topological polar surface area (TPSA) is 49.8 Å². The number of carboxylic acids is 1. The fourth-order valence-electron chi connectivity index (χ4n) is 3.55. The van der Waals surface area contributed by atoms with Crippen LogP contribution in [-0.2, 0) is 9.53 Å². The first-order valence-corrected chi connectivity index (χ1v) is 7.86. The van der Waals surface area contributed by atoms with Crippen LogP contribution in [-0.4, -0.2) is 35.9 Å². The standard InChI is InChI=1S/C17H23NO3/c19-16(20)7-11-18(14-5-2-1-3-6-14)15-8-12-21-17(13-15)9-4-10-17/h1-3,5-6,15H,4,7-13H2,(H,19,20).